The van der Waals surface area contributed by atoms with Gasteiger partial charge in [-0.05, 0) is 18.2 Å². The number of rotatable bonds is 7. The molecule has 1 N–H and O–H groups in total. The van der Waals surface area contributed by atoms with Gasteiger partial charge in [0.2, 0.25) is 11.8 Å². The molecule has 0 aliphatic carbocycles. The molecule has 31 heavy (non-hydrogen) atoms. The van der Waals surface area contributed by atoms with Crippen molar-refractivity contribution < 1.29 is 14.1 Å². The molecule has 2 heterocycles. The summed E-state index contributed by atoms with van der Waals surface area (Å²) >= 11 is 8.26. The third kappa shape index (κ3) is 5.26. The Bertz CT molecular complexity index is 1240. The number of carbonyl (C=O) groups is 1. The second kappa shape index (κ2) is 9.25. The summed E-state index contributed by atoms with van der Waals surface area (Å²) in [7, 11) is 0. The zero-order chi connectivity index (χ0) is 21.8. The number of amides is 1. The Kier molecular flexibility index (Phi) is 6.26. The summed E-state index contributed by atoms with van der Waals surface area (Å²) in [5, 5.41) is 24.5. The molecule has 0 radical (unpaired) electrons. The number of nitrogens with one attached hydrogen (secondary N) is 1. The third-order valence-electron chi connectivity index (χ3n) is 3.93. The molecule has 9 nitrogen and oxygen atoms in total. The smallest absolute Gasteiger partial charge is 0.277 e. The lowest BCUT2D eigenvalue weighted by Crippen LogP contribution is -2.13. The maximum atomic E-state index is 12.2. The molecule has 0 spiro atoms. The normalized spacial score (nSPS) is 10.7. The van der Waals surface area contributed by atoms with Crippen LogP contribution in [0.4, 0.5) is 10.8 Å². The number of nitro benzene ring substituents is 1. The SMILES string of the molecule is O=C(CSc1nnc(-c2cccc([N+](=O)[O-])c2)o1)Nc1nc(-c2ccc(Cl)cc2)cs1. The molecule has 0 fully saturated rings. The first-order valence-electron chi connectivity index (χ1n) is 8.70. The van der Waals surface area contributed by atoms with Gasteiger partial charge in [-0.2, -0.15) is 0 Å². The van der Waals surface area contributed by atoms with Gasteiger partial charge in [-0.3, -0.25) is 14.9 Å². The number of benzene rings is 2. The third-order valence-corrected chi connectivity index (χ3v) is 5.76. The molecule has 4 aromatic rings. The van der Waals surface area contributed by atoms with Crippen LogP contribution in [0.5, 0.6) is 0 Å². The summed E-state index contributed by atoms with van der Waals surface area (Å²) in [5.74, 6) is -0.108. The number of hydrogen-bond acceptors (Lipinski definition) is 9. The average Bonchev–Trinajstić information content (AvgIpc) is 3.43. The Hall–Kier alpha value is -3.28. The molecule has 0 unspecified atom stereocenters. The number of hydrogen-bond donors (Lipinski definition) is 1. The quantitative estimate of drug-likeness (QED) is 0.222. The maximum absolute atomic E-state index is 12.2. The van der Waals surface area contributed by atoms with Gasteiger partial charge >= 0.3 is 0 Å². The van der Waals surface area contributed by atoms with Crippen LogP contribution in [0.15, 0.2) is 63.6 Å². The van der Waals surface area contributed by atoms with Crippen LogP contribution in [0.3, 0.4) is 0 Å². The fourth-order valence-corrected chi connectivity index (χ4v) is 3.93. The van der Waals surface area contributed by atoms with Crippen LogP contribution in [-0.2, 0) is 4.79 Å². The number of non-ortho nitro benzene ring substituents is 1. The number of anilines is 1. The van der Waals surface area contributed by atoms with Crippen LogP contribution in [-0.4, -0.2) is 31.8 Å². The van der Waals surface area contributed by atoms with Gasteiger partial charge in [-0.25, -0.2) is 4.98 Å². The van der Waals surface area contributed by atoms with E-state index in [1.165, 1.54) is 29.5 Å². The average molecular weight is 474 g/mol. The molecule has 0 atom stereocenters. The molecule has 4 rings (SSSR count). The Morgan fingerprint density at radius 3 is 2.77 bits per heavy atom. The minimum atomic E-state index is -0.503. The van der Waals surface area contributed by atoms with Crippen molar-refractivity contribution in [3.63, 3.8) is 0 Å². The van der Waals surface area contributed by atoms with E-state index in [-0.39, 0.29) is 28.5 Å². The van der Waals surface area contributed by atoms with Crippen molar-refractivity contribution in [2.24, 2.45) is 0 Å². The number of aromatic nitrogens is 3. The molecule has 1 amide bonds. The van der Waals surface area contributed by atoms with Crippen molar-refractivity contribution in [3.05, 3.63) is 69.0 Å². The van der Waals surface area contributed by atoms with Crippen LogP contribution in [0.2, 0.25) is 5.02 Å². The second-order valence-electron chi connectivity index (χ2n) is 6.06. The monoisotopic (exact) mass is 473 g/mol. The van der Waals surface area contributed by atoms with Gasteiger partial charge in [0.25, 0.3) is 10.9 Å². The van der Waals surface area contributed by atoms with E-state index in [1.54, 1.807) is 18.2 Å². The van der Waals surface area contributed by atoms with E-state index >= 15 is 0 Å². The van der Waals surface area contributed by atoms with Gasteiger partial charge in [0.15, 0.2) is 5.13 Å². The highest BCUT2D eigenvalue weighted by molar-refractivity contribution is 7.99. The summed E-state index contributed by atoms with van der Waals surface area (Å²) in [5.41, 5.74) is 1.99. The summed E-state index contributed by atoms with van der Waals surface area (Å²) < 4.78 is 5.49. The van der Waals surface area contributed by atoms with Gasteiger partial charge in [-0.1, -0.05) is 41.6 Å². The topological polar surface area (TPSA) is 124 Å². The zero-order valence-corrected chi connectivity index (χ0v) is 17.9. The standard InChI is InChI=1S/C19H12ClN5O4S2/c20-13-6-4-11(5-7-13)15-9-30-18(21-15)22-16(26)10-31-19-24-23-17(29-19)12-2-1-3-14(8-12)25(27)28/h1-9H,10H2,(H,21,22,26). The molecule has 2 aromatic heterocycles. The first kappa shape index (κ1) is 21.0. The van der Waals surface area contributed by atoms with Gasteiger partial charge in [0, 0.05) is 33.7 Å². The number of carbonyl (C=O) groups excluding carboxylic acids is 1. The van der Waals surface area contributed by atoms with Crippen LogP contribution >= 0.6 is 34.7 Å². The van der Waals surface area contributed by atoms with Crippen molar-refractivity contribution in [3.8, 4) is 22.7 Å². The van der Waals surface area contributed by atoms with Crippen LogP contribution in [0.1, 0.15) is 0 Å². The van der Waals surface area contributed by atoms with Crippen molar-refractivity contribution in [2.75, 3.05) is 11.1 Å². The van der Waals surface area contributed by atoms with E-state index in [2.05, 4.69) is 20.5 Å². The Balaban J connectivity index is 1.34. The molecule has 0 bridgehead atoms. The summed E-state index contributed by atoms with van der Waals surface area (Å²) in [6.07, 6.45) is 0. The number of halogens is 1. The second-order valence-corrected chi connectivity index (χ2v) is 8.28. The Morgan fingerprint density at radius 2 is 2.00 bits per heavy atom. The molecular weight excluding hydrogens is 462 g/mol. The molecule has 0 saturated heterocycles. The van der Waals surface area contributed by atoms with Gasteiger partial charge in [0.1, 0.15) is 0 Å². The van der Waals surface area contributed by atoms with Crippen molar-refractivity contribution >= 4 is 51.4 Å². The molecule has 156 valence electrons. The number of thiazole rings is 1. The van der Waals surface area contributed by atoms with E-state index < -0.39 is 4.92 Å². The fourth-order valence-electron chi connectivity index (χ4n) is 2.50. The minimum Gasteiger partial charge on any atom is -0.411 e. The largest absolute Gasteiger partial charge is 0.411 e. The molecule has 0 saturated carbocycles. The lowest BCUT2D eigenvalue weighted by Gasteiger charge is -2.00. The van der Waals surface area contributed by atoms with E-state index in [0.717, 1.165) is 23.0 Å². The highest BCUT2D eigenvalue weighted by Crippen LogP contribution is 2.28. The lowest BCUT2D eigenvalue weighted by atomic mass is 10.2. The Morgan fingerprint density at radius 1 is 1.19 bits per heavy atom. The highest BCUT2D eigenvalue weighted by atomic mass is 35.5. The molecule has 0 aliphatic heterocycles. The summed E-state index contributed by atoms with van der Waals surface area (Å²) in [6.45, 7) is 0. The zero-order valence-electron chi connectivity index (χ0n) is 15.5. The number of nitrogens with zero attached hydrogens (tertiary/aromatic N) is 4. The first-order valence-corrected chi connectivity index (χ1v) is 10.9. The van der Waals surface area contributed by atoms with Gasteiger partial charge in [-0.15, -0.1) is 21.5 Å². The lowest BCUT2D eigenvalue weighted by molar-refractivity contribution is -0.384. The molecule has 12 heteroatoms. The van der Waals surface area contributed by atoms with Gasteiger partial charge < -0.3 is 9.73 Å². The van der Waals surface area contributed by atoms with E-state index in [4.69, 9.17) is 16.0 Å². The highest BCUT2D eigenvalue weighted by Gasteiger charge is 2.15. The summed E-state index contributed by atoms with van der Waals surface area (Å²) in [4.78, 5) is 27.0. The fraction of sp³-hybridized carbons (Fsp3) is 0.0526. The summed E-state index contributed by atoms with van der Waals surface area (Å²) in [6, 6.07) is 13.1. The van der Waals surface area contributed by atoms with Crippen LogP contribution in [0, 0.1) is 10.1 Å². The van der Waals surface area contributed by atoms with E-state index in [9.17, 15) is 14.9 Å². The van der Waals surface area contributed by atoms with Crippen LogP contribution in [0.25, 0.3) is 22.7 Å². The number of thioether (sulfide) groups is 1. The molecule has 0 aliphatic rings. The van der Waals surface area contributed by atoms with Crippen LogP contribution < -0.4 is 5.32 Å². The van der Waals surface area contributed by atoms with Crippen molar-refractivity contribution in [1.29, 1.82) is 0 Å². The number of nitro groups is 1. The Labute approximate surface area is 188 Å². The molecule has 2 aromatic carbocycles. The van der Waals surface area contributed by atoms with E-state index in [0.29, 0.717) is 15.7 Å². The predicted molar refractivity (Wildman–Crippen MR) is 118 cm³/mol. The predicted octanol–water partition coefficient (Wildman–Crippen LogP) is 5.15. The van der Waals surface area contributed by atoms with Crippen molar-refractivity contribution in [1.82, 2.24) is 15.2 Å². The van der Waals surface area contributed by atoms with Crippen molar-refractivity contribution in [2.45, 2.75) is 5.22 Å². The van der Waals surface area contributed by atoms with Gasteiger partial charge in [0.05, 0.1) is 16.4 Å². The molecular formula is C19H12ClN5O4S2. The first-order chi connectivity index (χ1) is 15.0. The minimum absolute atomic E-state index is 0.0342. The van der Waals surface area contributed by atoms with E-state index in [1.807, 2.05) is 17.5 Å². The maximum Gasteiger partial charge on any atom is 0.277 e.